The van der Waals surface area contributed by atoms with E-state index in [9.17, 15) is 35.4 Å². The number of aliphatic hydroxyl groups is 2. The lowest BCUT2D eigenvalue weighted by Gasteiger charge is -2.18. The predicted octanol–water partition coefficient (Wildman–Crippen LogP) is 13.2. The van der Waals surface area contributed by atoms with Crippen molar-refractivity contribution in [1.82, 2.24) is 59.4 Å². The quantitative estimate of drug-likeness (QED) is 0.0279. The van der Waals surface area contributed by atoms with Gasteiger partial charge in [0.25, 0.3) is 0 Å². The van der Waals surface area contributed by atoms with Crippen LogP contribution in [0, 0.1) is 22.7 Å². The molecule has 12 aromatic rings. The van der Waals surface area contributed by atoms with Gasteiger partial charge in [-0.1, -0.05) is 66.0 Å². The Kier molecular flexibility index (Phi) is 22.3. The van der Waals surface area contributed by atoms with Gasteiger partial charge in [-0.25, -0.2) is 19.0 Å². The summed E-state index contributed by atoms with van der Waals surface area (Å²) in [5, 5.41) is 95.7. The third kappa shape index (κ3) is 16.6. The first-order valence-corrected chi connectivity index (χ1v) is 35.2. The highest BCUT2D eigenvalue weighted by Crippen LogP contribution is 2.39. The van der Waals surface area contributed by atoms with Crippen LogP contribution in [-0.4, -0.2) is 120 Å². The molecule has 0 aliphatic carbocycles. The first kappa shape index (κ1) is 70.3. The number of benzene rings is 6. The van der Waals surface area contributed by atoms with E-state index >= 15 is 0 Å². The van der Waals surface area contributed by atoms with Crippen LogP contribution in [0.5, 0.6) is 23.0 Å². The fourth-order valence-electron chi connectivity index (χ4n) is 10.1. The Morgan fingerprint density at radius 1 is 0.520 bits per heavy atom. The van der Waals surface area contributed by atoms with E-state index in [1.54, 1.807) is 75.4 Å². The number of aliphatic hydroxyl groups excluding tert-OH is 2. The topological polar surface area (TPSA) is 325 Å². The third-order valence-corrected chi connectivity index (χ3v) is 20.5. The number of pyridine rings is 2. The van der Waals surface area contributed by atoms with Gasteiger partial charge in [0.1, 0.15) is 60.0 Å². The predicted molar refractivity (Wildman–Crippen MR) is 388 cm³/mol. The largest absolute Gasteiger partial charge is 0.507 e. The van der Waals surface area contributed by atoms with Gasteiger partial charge in [0, 0.05) is 74.4 Å². The summed E-state index contributed by atoms with van der Waals surface area (Å²) in [5.41, 5.74) is 7.77. The van der Waals surface area contributed by atoms with Crippen molar-refractivity contribution in [3.05, 3.63) is 216 Å². The van der Waals surface area contributed by atoms with Crippen molar-refractivity contribution >= 4 is 82.0 Å². The number of carbonyl (C=O) groups excluding carboxylic acids is 2. The molecule has 0 spiro atoms. The number of urea groups is 2. The third-order valence-electron chi connectivity index (χ3n) is 15.8. The number of thioether (sulfide) groups is 2. The van der Waals surface area contributed by atoms with Gasteiger partial charge < -0.3 is 40.5 Å². The molecule has 0 unspecified atom stereocenters. The maximum Gasteiger partial charge on any atom is 0.320 e. The van der Waals surface area contributed by atoms with E-state index in [2.05, 4.69) is 69.4 Å². The van der Waals surface area contributed by atoms with Crippen LogP contribution in [0.3, 0.4) is 0 Å². The molecule has 100 heavy (non-hydrogen) atoms. The molecule has 0 fully saturated rings. The zero-order valence-electron chi connectivity index (χ0n) is 55.0. The van der Waals surface area contributed by atoms with E-state index in [0.29, 0.717) is 62.9 Å². The molecule has 0 saturated heterocycles. The van der Waals surface area contributed by atoms with E-state index in [1.165, 1.54) is 35.7 Å². The molecule has 6 heterocycles. The second-order valence-electron chi connectivity index (χ2n) is 23.2. The summed E-state index contributed by atoms with van der Waals surface area (Å²) < 4.78 is 17.6. The number of nitriles is 2. The number of amides is 4. The molecule has 6 aromatic carbocycles. The second kappa shape index (κ2) is 31.7. The number of nitrogens with zero attached hydrogens (tertiary/aromatic N) is 12. The fraction of sp³-hybridized carbons (Fsp3) is 0.194. The second-order valence-corrected chi connectivity index (χ2v) is 28.3. The average Bonchev–Trinajstić information content (AvgIpc) is 1.64. The normalized spacial score (nSPS) is 11.3. The first-order valence-electron chi connectivity index (χ1n) is 31.1. The minimum atomic E-state index is -0.395. The Labute approximate surface area is 592 Å². The maximum absolute atomic E-state index is 13.4. The Hall–Kier alpha value is -11.0. The highest BCUT2D eigenvalue weighted by molar-refractivity contribution is 8.00. The first-order chi connectivity index (χ1) is 48.4. The van der Waals surface area contributed by atoms with Crippen molar-refractivity contribution in [2.24, 2.45) is 0 Å². The number of hydrogen-bond donors (Lipinski definition) is 8. The molecule has 24 nitrogen and oxygen atoms in total. The minimum Gasteiger partial charge on any atom is -0.507 e. The molecule has 8 N–H and O–H groups in total. The van der Waals surface area contributed by atoms with Gasteiger partial charge in [-0.2, -0.15) is 44.2 Å². The van der Waals surface area contributed by atoms with Gasteiger partial charge >= 0.3 is 12.1 Å². The van der Waals surface area contributed by atoms with Crippen molar-refractivity contribution in [2.45, 2.75) is 69.9 Å². The monoisotopic (exact) mass is 1410 g/mol. The van der Waals surface area contributed by atoms with Crippen LogP contribution in [0.4, 0.5) is 21.2 Å². The zero-order chi connectivity index (χ0) is 70.5. The molecule has 0 aliphatic heterocycles. The van der Waals surface area contributed by atoms with Gasteiger partial charge in [0.05, 0.1) is 56.6 Å². The highest BCUT2D eigenvalue weighted by Gasteiger charge is 2.28. The van der Waals surface area contributed by atoms with Crippen LogP contribution in [-0.2, 0) is 22.6 Å². The van der Waals surface area contributed by atoms with Crippen LogP contribution < -0.4 is 30.7 Å². The Balaban J connectivity index is 0.000000202. The Morgan fingerprint density at radius 3 is 1.44 bits per heavy atom. The molecule has 508 valence electrons. The molecule has 28 heteroatoms. The number of carbonyl (C=O) groups is 2. The summed E-state index contributed by atoms with van der Waals surface area (Å²) >= 11 is 6.38. The molecule has 6 aromatic heterocycles. The van der Waals surface area contributed by atoms with Crippen molar-refractivity contribution in [1.29, 1.82) is 10.5 Å². The molecular formula is C72H68N16O8S4. The average molecular weight is 1410 g/mol. The lowest BCUT2D eigenvalue weighted by Crippen LogP contribution is -2.29. The van der Waals surface area contributed by atoms with E-state index in [-0.39, 0.29) is 77.7 Å². The molecule has 4 amide bonds. The van der Waals surface area contributed by atoms with E-state index in [4.69, 9.17) is 24.8 Å². The fourth-order valence-corrected chi connectivity index (χ4v) is 12.6. The number of aromatic hydroxyl groups is 2. The van der Waals surface area contributed by atoms with Gasteiger partial charge in [-0.3, -0.25) is 19.4 Å². The van der Waals surface area contributed by atoms with Crippen LogP contribution >= 0.6 is 47.0 Å². The number of rotatable bonds is 24. The van der Waals surface area contributed by atoms with E-state index in [1.807, 2.05) is 161 Å². The van der Waals surface area contributed by atoms with E-state index in [0.717, 1.165) is 47.8 Å². The summed E-state index contributed by atoms with van der Waals surface area (Å²) in [7, 11) is 0. The smallest absolute Gasteiger partial charge is 0.320 e. The number of hydrogen-bond acceptors (Lipinski definition) is 20. The van der Waals surface area contributed by atoms with Crippen LogP contribution in [0.15, 0.2) is 202 Å². The molecule has 0 atom stereocenters. The number of phenols is 2. The van der Waals surface area contributed by atoms with Crippen molar-refractivity contribution < 1.29 is 39.5 Å². The maximum atomic E-state index is 13.4. The zero-order valence-corrected chi connectivity index (χ0v) is 58.3. The molecule has 0 bridgehead atoms. The van der Waals surface area contributed by atoms with Crippen molar-refractivity contribution in [3.63, 3.8) is 0 Å². The highest BCUT2D eigenvalue weighted by atomic mass is 32.2. The van der Waals surface area contributed by atoms with Crippen LogP contribution in [0.1, 0.15) is 61.3 Å². The van der Waals surface area contributed by atoms with Gasteiger partial charge in [0.2, 0.25) is 0 Å². The van der Waals surface area contributed by atoms with Crippen molar-refractivity contribution in [2.75, 3.05) is 49.6 Å². The Morgan fingerprint density at radius 2 is 0.980 bits per heavy atom. The molecule has 12 rings (SSSR count). The van der Waals surface area contributed by atoms with Crippen LogP contribution in [0.25, 0.3) is 45.4 Å². The summed E-state index contributed by atoms with van der Waals surface area (Å²) in [6.45, 7) is 9.03. The number of phenolic OH excluding ortho intramolecular Hbond substituents is 2. The van der Waals surface area contributed by atoms with E-state index < -0.39 is 6.03 Å². The number of ether oxygens (including phenoxy) is 2. The summed E-state index contributed by atoms with van der Waals surface area (Å²) in [4.78, 5) is 30.4. The van der Waals surface area contributed by atoms with Crippen LogP contribution in [0.2, 0.25) is 0 Å². The minimum absolute atomic E-state index is 0.0755. The SMILES string of the molecule is CSC(C)(C)c1cc(NC(=O)NCc2ccccc2Sc2ccc3nnc(-c4ccc(O)c(C#N)c4)n3c2)n(-c2ccc(OCCO)cc2)n1.CSC(C)(C)c1cc(NC(=O)NCc2ccccc2Sc2ccc3nnc(-c4ccc(O)c(C#N)c4)n3c2)n(-c2cccc(OCCO)c2)n1. The number of aromatic nitrogens is 10. The summed E-state index contributed by atoms with van der Waals surface area (Å²) in [5.74, 6) is 3.11. The number of anilines is 2. The van der Waals surface area contributed by atoms with Gasteiger partial charge in [-0.05, 0) is 161 Å². The number of nitrogens with one attached hydrogen (secondary N) is 4. The van der Waals surface area contributed by atoms with Crippen molar-refractivity contribution in [3.8, 4) is 69.3 Å². The molecule has 0 radical (unpaired) electrons. The van der Waals surface area contributed by atoms with Gasteiger partial charge in [0.15, 0.2) is 22.9 Å². The van der Waals surface area contributed by atoms with Gasteiger partial charge in [-0.15, -0.1) is 20.4 Å². The molecular weight excluding hydrogens is 1350 g/mol. The standard InChI is InChI=1S/2C36H34N8O4S2/c1-36(2,49-3)31-19-33(44(42-31)26-8-6-9-27(18-26)48-16-15-45)39-35(47)38-21-24-7-4-5-10-30(24)50-28-12-14-32-40-41-34(43(32)22-28)23-11-13-29(46)25(17-23)20-37;1-36(2,49-3)31-19-33(44(42-31)26-9-11-27(12-10-26)48-17-16-45)39-35(47)38-21-24-6-4-5-7-30(24)50-28-13-15-32-40-41-34(43(32)22-28)23-8-14-29(46)25(18-23)20-37/h4-14,17-19,22,45-46H,15-16,21H2,1-3H3,(H2,38,39,47);4-15,18-19,22,45-46H,16-17,21H2,1-3H3,(H2,38,39,47). The lowest BCUT2D eigenvalue weighted by atomic mass is 10.1. The molecule has 0 aliphatic rings. The molecule has 0 saturated carbocycles. The summed E-state index contributed by atoms with van der Waals surface area (Å²) in [6, 6.07) is 54.4. The number of fused-ring (bicyclic) bond motifs is 2. The lowest BCUT2D eigenvalue weighted by molar-refractivity contribution is 0.201. The summed E-state index contributed by atoms with van der Waals surface area (Å²) in [6.07, 6.45) is 7.88. The Bertz CT molecular complexity index is 5020.